The molecular weight excluding hydrogens is 108 g/mol. The lowest BCUT2D eigenvalue weighted by Crippen LogP contribution is -2.27. The van der Waals surface area contributed by atoms with E-state index in [-0.39, 0.29) is 0 Å². The van der Waals surface area contributed by atoms with E-state index in [2.05, 4.69) is 19.6 Å². The zero-order valence-electron chi connectivity index (χ0n) is 6.32. The number of hydrogen-bond donors (Lipinski definition) is 0. The molecule has 1 rings (SSSR count). The molecular formula is C9H16. The van der Waals surface area contributed by atoms with Crippen molar-refractivity contribution in [3.8, 4) is 0 Å². The van der Waals surface area contributed by atoms with Gasteiger partial charge in [-0.25, -0.2) is 0 Å². The average molecular weight is 124 g/mol. The maximum absolute atomic E-state index is 3.78. The molecule has 0 N–H and O–H groups in total. The van der Waals surface area contributed by atoms with Gasteiger partial charge in [-0.05, 0) is 24.7 Å². The van der Waals surface area contributed by atoms with Crippen molar-refractivity contribution < 1.29 is 0 Å². The first-order chi connectivity index (χ1) is 4.33. The topological polar surface area (TPSA) is 0 Å². The van der Waals surface area contributed by atoms with Crippen LogP contribution in [0.3, 0.4) is 0 Å². The Morgan fingerprint density at radius 3 is 2.33 bits per heavy atom. The van der Waals surface area contributed by atoms with Gasteiger partial charge in [-0.1, -0.05) is 25.8 Å². The van der Waals surface area contributed by atoms with Gasteiger partial charge in [0, 0.05) is 0 Å². The van der Waals surface area contributed by atoms with Crippen molar-refractivity contribution >= 4 is 0 Å². The SMILES string of the molecule is C=CCC1(CC)CCC1. The van der Waals surface area contributed by atoms with Crippen LogP contribution in [-0.2, 0) is 0 Å². The van der Waals surface area contributed by atoms with E-state index in [1.165, 1.54) is 32.1 Å². The molecule has 0 aromatic heterocycles. The molecule has 52 valence electrons. The van der Waals surface area contributed by atoms with Crippen molar-refractivity contribution in [1.82, 2.24) is 0 Å². The summed E-state index contributed by atoms with van der Waals surface area (Å²) in [6.07, 6.45) is 8.98. The summed E-state index contributed by atoms with van der Waals surface area (Å²) in [5.41, 5.74) is 0.696. The Morgan fingerprint density at radius 1 is 1.56 bits per heavy atom. The summed E-state index contributed by atoms with van der Waals surface area (Å²) < 4.78 is 0. The van der Waals surface area contributed by atoms with E-state index in [1.54, 1.807) is 0 Å². The quantitative estimate of drug-likeness (QED) is 0.507. The molecule has 0 aromatic rings. The highest BCUT2D eigenvalue weighted by Crippen LogP contribution is 2.46. The third-order valence-electron chi connectivity index (χ3n) is 2.74. The van der Waals surface area contributed by atoms with E-state index >= 15 is 0 Å². The van der Waals surface area contributed by atoms with E-state index in [0.29, 0.717) is 5.41 Å². The van der Waals surface area contributed by atoms with Gasteiger partial charge in [0.15, 0.2) is 0 Å². The van der Waals surface area contributed by atoms with E-state index in [1.807, 2.05) is 0 Å². The Balaban J connectivity index is 2.36. The van der Waals surface area contributed by atoms with E-state index in [4.69, 9.17) is 0 Å². The second-order valence-electron chi connectivity index (χ2n) is 3.20. The van der Waals surface area contributed by atoms with Crippen molar-refractivity contribution in [3.05, 3.63) is 12.7 Å². The Hall–Kier alpha value is -0.260. The molecule has 0 nitrogen and oxygen atoms in total. The minimum Gasteiger partial charge on any atom is -0.103 e. The van der Waals surface area contributed by atoms with Gasteiger partial charge in [0.1, 0.15) is 0 Å². The summed E-state index contributed by atoms with van der Waals surface area (Å²) >= 11 is 0. The number of allylic oxidation sites excluding steroid dienone is 1. The van der Waals surface area contributed by atoms with Crippen LogP contribution in [0.25, 0.3) is 0 Å². The summed E-state index contributed by atoms with van der Waals surface area (Å²) in [5, 5.41) is 0. The molecule has 0 atom stereocenters. The van der Waals surface area contributed by atoms with Gasteiger partial charge in [0.05, 0.1) is 0 Å². The second-order valence-corrected chi connectivity index (χ2v) is 3.20. The molecule has 0 bridgehead atoms. The highest BCUT2D eigenvalue weighted by Gasteiger charge is 2.33. The lowest BCUT2D eigenvalue weighted by Gasteiger charge is -2.40. The van der Waals surface area contributed by atoms with E-state index in [0.717, 1.165) is 0 Å². The van der Waals surface area contributed by atoms with Crippen LogP contribution in [-0.4, -0.2) is 0 Å². The summed E-state index contributed by atoms with van der Waals surface area (Å²) in [4.78, 5) is 0. The Bertz CT molecular complexity index is 93.1. The van der Waals surface area contributed by atoms with Gasteiger partial charge >= 0.3 is 0 Å². The van der Waals surface area contributed by atoms with Crippen LogP contribution in [0.5, 0.6) is 0 Å². The maximum atomic E-state index is 3.78. The molecule has 0 heteroatoms. The lowest BCUT2D eigenvalue weighted by atomic mass is 9.65. The Morgan fingerprint density at radius 2 is 2.22 bits per heavy atom. The molecule has 0 aromatic carbocycles. The number of rotatable bonds is 3. The molecule has 1 aliphatic carbocycles. The van der Waals surface area contributed by atoms with Crippen molar-refractivity contribution in [1.29, 1.82) is 0 Å². The van der Waals surface area contributed by atoms with Crippen LogP contribution in [0.4, 0.5) is 0 Å². The van der Waals surface area contributed by atoms with Crippen molar-refractivity contribution in [2.75, 3.05) is 0 Å². The normalized spacial score (nSPS) is 22.8. The summed E-state index contributed by atoms with van der Waals surface area (Å²) in [6.45, 7) is 6.07. The van der Waals surface area contributed by atoms with Gasteiger partial charge < -0.3 is 0 Å². The predicted octanol–water partition coefficient (Wildman–Crippen LogP) is 3.14. The van der Waals surface area contributed by atoms with Crippen molar-refractivity contribution in [3.63, 3.8) is 0 Å². The molecule has 0 spiro atoms. The predicted molar refractivity (Wildman–Crippen MR) is 41.4 cm³/mol. The summed E-state index contributed by atoms with van der Waals surface area (Å²) in [6, 6.07) is 0. The minimum atomic E-state index is 0.696. The third-order valence-corrected chi connectivity index (χ3v) is 2.74. The fourth-order valence-electron chi connectivity index (χ4n) is 1.68. The molecule has 0 saturated heterocycles. The van der Waals surface area contributed by atoms with Crippen LogP contribution < -0.4 is 0 Å². The van der Waals surface area contributed by atoms with Crippen LogP contribution in [0, 0.1) is 5.41 Å². The van der Waals surface area contributed by atoms with Gasteiger partial charge in [-0.3, -0.25) is 0 Å². The molecule has 1 fully saturated rings. The highest BCUT2D eigenvalue weighted by atomic mass is 14.4. The fourth-order valence-corrected chi connectivity index (χ4v) is 1.68. The molecule has 0 amide bonds. The largest absolute Gasteiger partial charge is 0.103 e. The van der Waals surface area contributed by atoms with Gasteiger partial charge in [0.25, 0.3) is 0 Å². The van der Waals surface area contributed by atoms with Gasteiger partial charge in [0.2, 0.25) is 0 Å². The van der Waals surface area contributed by atoms with Crippen molar-refractivity contribution in [2.45, 2.75) is 39.0 Å². The fraction of sp³-hybridized carbons (Fsp3) is 0.778. The van der Waals surface area contributed by atoms with Gasteiger partial charge in [-0.15, -0.1) is 6.58 Å². The van der Waals surface area contributed by atoms with Crippen LogP contribution in [0.1, 0.15) is 39.0 Å². The van der Waals surface area contributed by atoms with E-state index in [9.17, 15) is 0 Å². The zero-order valence-corrected chi connectivity index (χ0v) is 6.32. The van der Waals surface area contributed by atoms with Crippen molar-refractivity contribution in [2.24, 2.45) is 5.41 Å². The molecule has 0 radical (unpaired) electrons. The molecule has 0 unspecified atom stereocenters. The average Bonchev–Trinajstić information content (AvgIpc) is 1.79. The summed E-state index contributed by atoms with van der Waals surface area (Å²) in [7, 11) is 0. The maximum Gasteiger partial charge on any atom is -0.0266 e. The highest BCUT2D eigenvalue weighted by molar-refractivity contribution is 4.91. The first kappa shape index (κ1) is 6.85. The zero-order chi connectivity index (χ0) is 6.74. The first-order valence-corrected chi connectivity index (χ1v) is 3.94. The molecule has 0 heterocycles. The summed E-state index contributed by atoms with van der Waals surface area (Å²) in [5.74, 6) is 0. The molecule has 0 aliphatic heterocycles. The molecule has 1 aliphatic rings. The second kappa shape index (κ2) is 2.55. The first-order valence-electron chi connectivity index (χ1n) is 3.94. The smallest absolute Gasteiger partial charge is 0.0266 e. The number of hydrogen-bond acceptors (Lipinski definition) is 0. The standard InChI is InChI=1S/C9H16/c1-3-6-9(4-2)7-5-8-9/h3H,1,4-8H2,2H3. The van der Waals surface area contributed by atoms with Crippen LogP contribution in [0.2, 0.25) is 0 Å². The van der Waals surface area contributed by atoms with Crippen LogP contribution >= 0.6 is 0 Å². The Labute approximate surface area is 58.0 Å². The molecule has 9 heavy (non-hydrogen) atoms. The third kappa shape index (κ3) is 1.17. The van der Waals surface area contributed by atoms with Crippen LogP contribution in [0.15, 0.2) is 12.7 Å². The lowest BCUT2D eigenvalue weighted by molar-refractivity contribution is 0.131. The minimum absolute atomic E-state index is 0.696. The van der Waals surface area contributed by atoms with E-state index < -0.39 is 0 Å². The van der Waals surface area contributed by atoms with Gasteiger partial charge in [-0.2, -0.15) is 0 Å². The molecule has 1 saturated carbocycles. The Kier molecular flexibility index (Phi) is 1.94. The monoisotopic (exact) mass is 124 g/mol.